The van der Waals surface area contributed by atoms with Crippen molar-refractivity contribution in [3.63, 3.8) is 0 Å². The van der Waals surface area contributed by atoms with Crippen molar-refractivity contribution in [1.29, 1.82) is 0 Å². The number of aromatic nitrogens is 2. The number of aryl methyl sites for hydroxylation is 1. The van der Waals surface area contributed by atoms with Crippen LogP contribution >= 0.6 is 11.6 Å². The molecule has 0 aliphatic heterocycles. The summed E-state index contributed by atoms with van der Waals surface area (Å²) in [5, 5.41) is 5.50. The Hall–Kier alpha value is -2.79. The predicted octanol–water partition coefficient (Wildman–Crippen LogP) is 4.33. The van der Waals surface area contributed by atoms with Crippen LogP contribution in [-0.2, 0) is 16.3 Å². The van der Waals surface area contributed by atoms with E-state index in [0.29, 0.717) is 11.9 Å². The number of rotatable bonds is 8. The molecule has 1 atom stereocenters. The number of sulfone groups is 1. The zero-order valence-corrected chi connectivity index (χ0v) is 18.4. The molecule has 0 saturated heterocycles. The molecule has 1 aromatic carbocycles. The molecule has 3 aromatic rings. The number of fused-ring (bicyclic) bond motifs is 1. The van der Waals surface area contributed by atoms with Gasteiger partial charge in [0.15, 0.2) is 9.84 Å². The summed E-state index contributed by atoms with van der Waals surface area (Å²) in [6, 6.07) is 8.30. The number of hydrogen-bond donors (Lipinski definition) is 3. The fourth-order valence-electron chi connectivity index (χ4n) is 2.99. The number of amides is 1. The minimum absolute atomic E-state index is 0.0885. The molecule has 0 unspecified atom stereocenters. The highest BCUT2D eigenvalue weighted by molar-refractivity contribution is 7.92. The lowest BCUT2D eigenvalue weighted by Crippen LogP contribution is -2.22. The molecule has 12 heteroatoms. The summed E-state index contributed by atoms with van der Waals surface area (Å²) in [5.74, 6) is -0.552. The van der Waals surface area contributed by atoms with Crippen molar-refractivity contribution >= 4 is 49.6 Å². The molecule has 3 rings (SSSR count). The molecule has 0 spiro atoms. The molecule has 1 amide bonds. The van der Waals surface area contributed by atoms with Gasteiger partial charge in [0.2, 0.25) is 0 Å². The minimum atomic E-state index is -4.41. The largest absolute Gasteiger partial charge is 0.405 e. The van der Waals surface area contributed by atoms with Crippen molar-refractivity contribution in [2.24, 2.45) is 0 Å². The van der Waals surface area contributed by atoms with E-state index in [9.17, 15) is 26.4 Å². The van der Waals surface area contributed by atoms with E-state index in [1.54, 1.807) is 18.2 Å². The molecule has 2 heterocycles. The van der Waals surface area contributed by atoms with E-state index >= 15 is 0 Å². The quantitative estimate of drug-likeness (QED) is 0.409. The van der Waals surface area contributed by atoms with Gasteiger partial charge in [-0.3, -0.25) is 9.78 Å². The van der Waals surface area contributed by atoms with Crippen LogP contribution in [0.1, 0.15) is 22.5 Å². The first kappa shape index (κ1) is 23.9. The lowest BCUT2D eigenvalue weighted by Gasteiger charge is -2.13. The van der Waals surface area contributed by atoms with Crippen LogP contribution < -0.4 is 10.6 Å². The number of benzene rings is 1. The number of H-pyrrole nitrogens is 1. The van der Waals surface area contributed by atoms with Crippen molar-refractivity contribution in [3.05, 3.63) is 54.0 Å². The number of carbonyl (C=O) groups is 1. The standard InChI is InChI=1S/C20H20ClF3N4O3S/c1-32(30,31)18(21)5-3-12-2-4-14-13(8-12)9-16(27-14)19(29)28-17-10-25-7-6-15(17)26-11-20(22,23)24/h2,4,6-10,18,27H,3,5,11H2,1H3,(H,25,26)(H,28,29)/t18-/m1/s1. The van der Waals surface area contributed by atoms with Gasteiger partial charge in [0.25, 0.3) is 5.91 Å². The van der Waals surface area contributed by atoms with E-state index in [-0.39, 0.29) is 23.5 Å². The number of anilines is 2. The second kappa shape index (κ2) is 9.37. The summed E-state index contributed by atoms with van der Waals surface area (Å²) in [7, 11) is -3.33. The number of alkyl halides is 4. The second-order valence-corrected chi connectivity index (χ2v) is 10.2. The van der Waals surface area contributed by atoms with Gasteiger partial charge >= 0.3 is 6.18 Å². The molecule has 3 N–H and O–H groups in total. The van der Waals surface area contributed by atoms with Crippen molar-refractivity contribution in [1.82, 2.24) is 9.97 Å². The summed E-state index contributed by atoms with van der Waals surface area (Å²) in [4.78, 5) is 19.4. The zero-order valence-electron chi connectivity index (χ0n) is 16.8. The van der Waals surface area contributed by atoms with E-state index in [2.05, 4.69) is 20.6 Å². The maximum atomic E-state index is 12.6. The van der Waals surface area contributed by atoms with E-state index in [1.165, 1.54) is 18.5 Å². The van der Waals surface area contributed by atoms with Crippen LogP contribution in [0, 0.1) is 0 Å². The van der Waals surface area contributed by atoms with Gasteiger partial charge in [-0.25, -0.2) is 8.42 Å². The van der Waals surface area contributed by atoms with E-state index in [4.69, 9.17) is 11.6 Å². The van der Waals surface area contributed by atoms with Gasteiger partial charge in [-0.1, -0.05) is 6.07 Å². The van der Waals surface area contributed by atoms with Gasteiger partial charge in [0.05, 0.1) is 17.6 Å². The Morgan fingerprint density at radius 1 is 1.22 bits per heavy atom. The summed E-state index contributed by atoms with van der Waals surface area (Å²) >= 11 is 5.89. The smallest absolute Gasteiger partial charge is 0.375 e. The van der Waals surface area contributed by atoms with Crippen molar-refractivity contribution < 1.29 is 26.4 Å². The third kappa shape index (κ3) is 6.36. The molecular weight excluding hydrogens is 469 g/mol. The number of nitrogens with zero attached hydrogens (tertiary/aromatic N) is 1. The predicted molar refractivity (Wildman–Crippen MR) is 118 cm³/mol. The topological polar surface area (TPSA) is 104 Å². The highest BCUT2D eigenvalue weighted by Gasteiger charge is 2.27. The maximum Gasteiger partial charge on any atom is 0.405 e. The van der Waals surface area contributed by atoms with E-state index < -0.39 is 33.2 Å². The second-order valence-electron chi connectivity index (χ2n) is 7.23. The Kier molecular flexibility index (Phi) is 6.99. The van der Waals surface area contributed by atoms with Gasteiger partial charge in [-0.15, -0.1) is 11.6 Å². The molecule has 2 aromatic heterocycles. The number of pyridine rings is 1. The molecule has 7 nitrogen and oxygen atoms in total. The average molecular weight is 489 g/mol. The van der Waals surface area contributed by atoms with Crippen LogP contribution in [0.15, 0.2) is 42.7 Å². The summed E-state index contributed by atoms with van der Waals surface area (Å²) in [5.41, 5.74) is 1.92. The fraction of sp³-hybridized carbons (Fsp3) is 0.300. The molecule has 32 heavy (non-hydrogen) atoms. The van der Waals surface area contributed by atoms with Crippen LogP contribution in [0.5, 0.6) is 0 Å². The van der Waals surface area contributed by atoms with Crippen molar-refractivity contribution in [2.45, 2.75) is 23.7 Å². The average Bonchev–Trinajstić information content (AvgIpc) is 3.13. The number of hydrogen-bond acceptors (Lipinski definition) is 5. The molecule has 0 aliphatic carbocycles. The molecule has 0 fully saturated rings. The van der Waals surface area contributed by atoms with Gasteiger partial charge in [0.1, 0.15) is 16.9 Å². The Morgan fingerprint density at radius 2 is 1.97 bits per heavy atom. The SMILES string of the molecule is CS(=O)(=O)[C@@H](Cl)CCc1ccc2[nH]c(C(=O)Nc3cnccc3NCC(F)(F)F)cc2c1. The monoisotopic (exact) mass is 488 g/mol. The van der Waals surface area contributed by atoms with Gasteiger partial charge in [-0.05, 0) is 42.7 Å². The Morgan fingerprint density at radius 3 is 2.66 bits per heavy atom. The first-order chi connectivity index (χ1) is 14.9. The molecule has 0 saturated carbocycles. The third-order valence-corrected chi connectivity index (χ3v) is 6.96. The minimum Gasteiger partial charge on any atom is -0.375 e. The Balaban J connectivity index is 1.73. The van der Waals surface area contributed by atoms with Gasteiger partial charge < -0.3 is 15.6 Å². The Bertz CT molecular complexity index is 1230. The lowest BCUT2D eigenvalue weighted by molar-refractivity contribution is -0.115. The number of halogens is 4. The highest BCUT2D eigenvalue weighted by Crippen LogP contribution is 2.25. The van der Waals surface area contributed by atoms with Crippen molar-refractivity contribution in [2.75, 3.05) is 23.4 Å². The highest BCUT2D eigenvalue weighted by atomic mass is 35.5. The number of nitrogens with one attached hydrogen (secondary N) is 3. The first-order valence-electron chi connectivity index (χ1n) is 9.43. The molecule has 0 bridgehead atoms. The van der Waals surface area contributed by atoms with Crippen molar-refractivity contribution in [3.8, 4) is 0 Å². The van der Waals surface area contributed by atoms with Crippen LogP contribution in [0.4, 0.5) is 24.5 Å². The maximum absolute atomic E-state index is 12.6. The van der Waals surface area contributed by atoms with Crippen LogP contribution in [0.25, 0.3) is 10.9 Å². The molecule has 172 valence electrons. The van der Waals surface area contributed by atoms with E-state index in [0.717, 1.165) is 17.2 Å². The lowest BCUT2D eigenvalue weighted by atomic mass is 10.1. The summed E-state index contributed by atoms with van der Waals surface area (Å²) in [6.07, 6.45) is -0.0800. The summed E-state index contributed by atoms with van der Waals surface area (Å²) in [6.45, 7) is -1.25. The molecule has 0 aliphatic rings. The normalized spacial score (nSPS) is 13.2. The number of aromatic amines is 1. The first-order valence-corrected chi connectivity index (χ1v) is 11.8. The third-order valence-electron chi connectivity index (χ3n) is 4.60. The zero-order chi connectivity index (χ0) is 23.5. The van der Waals surface area contributed by atoms with Gasteiger partial charge in [0, 0.05) is 23.4 Å². The van der Waals surface area contributed by atoms with Crippen LogP contribution in [0.3, 0.4) is 0 Å². The fourth-order valence-corrected chi connectivity index (χ4v) is 3.64. The van der Waals surface area contributed by atoms with Crippen LogP contribution in [-0.4, -0.2) is 48.0 Å². The molecular formula is C20H20ClF3N4O3S. The number of carbonyl (C=O) groups excluding carboxylic acids is 1. The van der Waals surface area contributed by atoms with Gasteiger partial charge in [-0.2, -0.15) is 13.2 Å². The Labute approximate surface area is 187 Å². The van der Waals surface area contributed by atoms with E-state index in [1.807, 2.05) is 6.07 Å². The summed E-state index contributed by atoms with van der Waals surface area (Å²) < 4.78 is 59.4. The van der Waals surface area contributed by atoms with Crippen LogP contribution in [0.2, 0.25) is 0 Å². The molecule has 0 radical (unpaired) electrons.